The Morgan fingerprint density at radius 1 is 1.24 bits per heavy atom. The van der Waals surface area contributed by atoms with Crippen LogP contribution in [-0.4, -0.2) is 23.2 Å². The molecule has 2 rings (SSSR count). The number of hydrogen-bond donors (Lipinski definition) is 2. The first kappa shape index (κ1) is 16.5. The topological polar surface area (TPSA) is 49.3 Å². The van der Waals surface area contributed by atoms with Gasteiger partial charge in [-0.05, 0) is 37.0 Å². The van der Waals surface area contributed by atoms with E-state index in [-0.39, 0.29) is 5.91 Å². The fourth-order valence-electron chi connectivity index (χ4n) is 2.87. The highest BCUT2D eigenvalue weighted by atomic mass is 79.9. The minimum absolute atomic E-state index is 0.0210. The first-order valence-electron chi connectivity index (χ1n) is 7.81. The molecule has 0 atom stereocenters. The number of nitrogens with one attached hydrogen (secondary N) is 1. The standard InChI is InChI=1S/C17H24BrNO2/c18-15-7-5-6-14(12-15)8-9-16(20)19-13-17(21)10-3-1-2-4-11-17/h5-7,12,21H,1-4,8-11,13H2,(H,19,20). The monoisotopic (exact) mass is 353 g/mol. The van der Waals surface area contributed by atoms with Gasteiger partial charge in [0.15, 0.2) is 0 Å². The lowest BCUT2D eigenvalue weighted by molar-refractivity contribution is -0.122. The molecule has 1 aliphatic carbocycles. The van der Waals surface area contributed by atoms with Gasteiger partial charge in [-0.3, -0.25) is 4.79 Å². The van der Waals surface area contributed by atoms with Gasteiger partial charge in [-0.25, -0.2) is 0 Å². The molecule has 2 N–H and O–H groups in total. The van der Waals surface area contributed by atoms with Gasteiger partial charge in [0.1, 0.15) is 0 Å². The Hall–Kier alpha value is -0.870. The Morgan fingerprint density at radius 3 is 2.62 bits per heavy atom. The van der Waals surface area contributed by atoms with Gasteiger partial charge in [-0.15, -0.1) is 0 Å². The molecule has 0 radical (unpaired) electrons. The number of benzene rings is 1. The van der Waals surface area contributed by atoms with Crippen LogP contribution in [0.4, 0.5) is 0 Å². The second-order valence-electron chi connectivity index (χ2n) is 6.05. The molecule has 21 heavy (non-hydrogen) atoms. The van der Waals surface area contributed by atoms with E-state index < -0.39 is 5.60 Å². The largest absolute Gasteiger partial charge is 0.388 e. The first-order valence-corrected chi connectivity index (χ1v) is 8.60. The van der Waals surface area contributed by atoms with Crippen molar-refractivity contribution >= 4 is 21.8 Å². The Balaban J connectivity index is 1.74. The van der Waals surface area contributed by atoms with Gasteiger partial charge in [-0.2, -0.15) is 0 Å². The molecule has 1 saturated carbocycles. The molecule has 0 heterocycles. The molecule has 0 unspecified atom stereocenters. The summed E-state index contributed by atoms with van der Waals surface area (Å²) in [4.78, 5) is 11.9. The third-order valence-electron chi connectivity index (χ3n) is 4.18. The van der Waals surface area contributed by atoms with Crippen LogP contribution in [0.1, 0.15) is 50.5 Å². The molecule has 1 amide bonds. The molecule has 1 aliphatic rings. The molecule has 0 aromatic heterocycles. The van der Waals surface area contributed by atoms with Crippen LogP contribution in [0.2, 0.25) is 0 Å². The van der Waals surface area contributed by atoms with Gasteiger partial charge < -0.3 is 10.4 Å². The van der Waals surface area contributed by atoms with Crippen LogP contribution in [0.3, 0.4) is 0 Å². The molecule has 0 saturated heterocycles. The SMILES string of the molecule is O=C(CCc1cccc(Br)c1)NCC1(O)CCCCCC1. The van der Waals surface area contributed by atoms with Crippen molar-refractivity contribution in [3.05, 3.63) is 34.3 Å². The third-order valence-corrected chi connectivity index (χ3v) is 4.67. The van der Waals surface area contributed by atoms with Crippen LogP contribution in [0.25, 0.3) is 0 Å². The molecule has 1 aromatic rings. The summed E-state index contributed by atoms with van der Waals surface area (Å²) in [6, 6.07) is 8.01. The Morgan fingerprint density at radius 2 is 1.95 bits per heavy atom. The quantitative estimate of drug-likeness (QED) is 0.794. The van der Waals surface area contributed by atoms with Crippen LogP contribution in [0.15, 0.2) is 28.7 Å². The first-order chi connectivity index (χ1) is 10.1. The summed E-state index contributed by atoms with van der Waals surface area (Å²) in [5.41, 5.74) is 0.453. The predicted molar refractivity (Wildman–Crippen MR) is 88.1 cm³/mol. The molecule has 0 aliphatic heterocycles. The summed E-state index contributed by atoms with van der Waals surface area (Å²) in [5.74, 6) is 0.0210. The Labute approximate surface area is 135 Å². The average Bonchev–Trinajstić information content (AvgIpc) is 2.68. The molecule has 0 spiro atoms. The second kappa shape index (κ2) is 7.95. The predicted octanol–water partition coefficient (Wildman–Crippen LogP) is 3.58. The van der Waals surface area contributed by atoms with E-state index in [4.69, 9.17) is 0 Å². The number of hydrogen-bond acceptors (Lipinski definition) is 2. The minimum atomic E-state index is -0.693. The number of rotatable bonds is 5. The van der Waals surface area contributed by atoms with Crippen molar-refractivity contribution in [3.63, 3.8) is 0 Å². The molecular formula is C17H24BrNO2. The van der Waals surface area contributed by atoms with Crippen LogP contribution in [-0.2, 0) is 11.2 Å². The lowest BCUT2D eigenvalue weighted by atomic mass is 9.94. The van der Waals surface area contributed by atoms with E-state index in [2.05, 4.69) is 21.2 Å². The maximum atomic E-state index is 11.9. The van der Waals surface area contributed by atoms with Crippen LogP contribution >= 0.6 is 15.9 Å². The minimum Gasteiger partial charge on any atom is -0.388 e. The van der Waals surface area contributed by atoms with Crippen LogP contribution in [0.5, 0.6) is 0 Å². The number of aliphatic hydroxyl groups is 1. The highest BCUT2D eigenvalue weighted by molar-refractivity contribution is 9.10. The highest BCUT2D eigenvalue weighted by Crippen LogP contribution is 2.26. The summed E-state index contributed by atoms with van der Waals surface area (Å²) >= 11 is 3.43. The maximum absolute atomic E-state index is 11.9. The number of aryl methyl sites for hydroxylation is 1. The van der Waals surface area contributed by atoms with Gasteiger partial charge in [0.2, 0.25) is 5.91 Å². The van der Waals surface area contributed by atoms with Gasteiger partial charge in [0.05, 0.1) is 5.60 Å². The third kappa shape index (κ3) is 5.79. The van der Waals surface area contributed by atoms with Crippen LogP contribution < -0.4 is 5.32 Å². The smallest absolute Gasteiger partial charge is 0.220 e. The summed E-state index contributed by atoms with van der Waals surface area (Å²) in [7, 11) is 0. The lowest BCUT2D eigenvalue weighted by Crippen LogP contribution is -2.42. The summed E-state index contributed by atoms with van der Waals surface area (Å²) in [6.07, 6.45) is 7.31. The van der Waals surface area contributed by atoms with E-state index in [1.807, 2.05) is 24.3 Å². The Bertz CT molecular complexity index is 468. The van der Waals surface area contributed by atoms with Crippen molar-refractivity contribution in [2.75, 3.05) is 6.54 Å². The molecule has 1 aromatic carbocycles. The van der Waals surface area contributed by atoms with Gasteiger partial charge in [0, 0.05) is 17.4 Å². The van der Waals surface area contributed by atoms with Crippen molar-refractivity contribution < 1.29 is 9.90 Å². The highest BCUT2D eigenvalue weighted by Gasteiger charge is 2.28. The zero-order chi connectivity index (χ0) is 15.1. The summed E-state index contributed by atoms with van der Waals surface area (Å²) in [5, 5.41) is 13.4. The molecule has 3 nitrogen and oxygen atoms in total. The molecule has 4 heteroatoms. The van der Waals surface area contributed by atoms with Crippen molar-refractivity contribution in [2.45, 2.75) is 57.0 Å². The average molecular weight is 354 g/mol. The van der Waals surface area contributed by atoms with Crippen LogP contribution in [0, 0.1) is 0 Å². The normalized spacial score (nSPS) is 18.0. The van der Waals surface area contributed by atoms with Gasteiger partial charge in [0.25, 0.3) is 0 Å². The number of carbonyl (C=O) groups is 1. The second-order valence-corrected chi connectivity index (χ2v) is 6.96. The number of halogens is 1. The fraction of sp³-hybridized carbons (Fsp3) is 0.588. The summed E-state index contributed by atoms with van der Waals surface area (Å²) in [6.45, 7) is 0.393. The van der Waals surface area contributed by atoms with E-state index in [0.29, 0.717) is 13.0 Å². The van der Waals surface area contributed by atoms with E-state index in [9.17, 15) is 9.90 Å². The molecular weight excluding hydrogens is 330 g/mol. The zero-order valence-electron chi connectivity index (χ0n) is 12.4. The van der Waals surface area contributed by atoms with Gasteiger partial charge in [-0.1, -0.05) is 53.7 Å². The van der Waals surface area contributed by atoms with Crippen molar-refractivity contribution in [2.24, 2.45) is 0 Å². The van der Waals surface area contributed by atoms with Crippen molar-refractivity contribution in [1.29, 1.82) is 0 Å². The van der Waals surface area contributed by atoms with E-state index in [1.165, 1.54) is 12.8 Å². The fourth-order valence-corrected chi connectivity index (χ4v) is 3.31. The van der Waals surface area contributed by atoms with Crippen molar-refractivity contribution in [3.8, 4) is 0 Å². The number of amides is 1. The molecule has 1 fully saturated rings. The Kier molecular flexibility index (Phi) is 6.24. The van der Waals surface area contributed by atoms with Crippen molar-refractivity contribution in [1.82, 2.24) is 5.32 Å². The zero-order valence-corrected chi connectivity index (χ0v) is 14.0. The number of carbonyl (C=O) groups excluding carboxylic acids is 1. The van der Waals surface area contributed by atoms with E-state index in [0.717, 1.165) is 42.1 Å². The summed E-state index contributed by atoms with van der Waals surface area (Å²) < 4.78 is 1.04. The lowest BCUT2D eigenvalue weighted by Gasteiger charge is -2.26. The molecule has 0 bridgehead atoms. The van der Waals surface area contributed by atoms with E-state index in [1.54, 1.807) is 0 Å². The van der Waals surface area contributed by atoms with E-state index >= 15 is 0 Å². The maximum Gasteiger partial charge on any atom is 0.220 e. The van der Waals surface area contributed by atoms with Gasteiger partial charge >= 0.3 is 0 Å². The molecule has 116 valence electrons.